The number of rotatable bonds is 3. The number of aromatic amines is 1. The summed E-state index contributed by atoms with van der Waals surface area (Å²) in [6.07, 6.45) is 2.89. The summed E-state index contributed by atoms with van der Waals surface area (Å²) in [6, 6.07) is 7.86. The number of benzene rings is 1. The van der Waals surface area contributed by atoms with Crippen LogP contribution in [0.25, 0.3) is 0 Å². The van der Waals surface area contributed by atoms with Crippen LogP contribution in [0.1, 0.15) is 25.3 Å². The maximum atomic E-state index is 10.8. The van der Waals surface area contributed by atoms with Gasteiger partial charge in [0.05, 0.1) is 12.4 Å². The first-order chi connectivity index (χ1) is 8.15. The predicted octanol–water partition coefficient (Wildman–Crippen LogP) is 2.69. The van der Waals surface area contributed by atoms with Crippen molar-refractivity contribution in [1.29, 1.82) is 0 Å². The molecule has 0 aliphatic carbocycles. The molecule has 17 heavy (non-hydrogen) atoms. The van der Waals surface area contributed by atoms with E-state index in [2.05, 4.69) is 23.8 Å². The Morgan fingerprint density at radius 2 is 1.88 bits per heavy atom. The Morgan fingerprint density at radius 3 is 2.41 bits per heavy atom. The molecule has 1 N–H and O–H groups in total. The molecular weight excluding hydrogens is 216 g/mol. The summed E-state index contributed by atoms with van der Waals surface area (Å²) in [6.45, 7) is 4.28. The van der Waals surface area contributed by atoms with Crippen LogP contribution in [-0.4, -0.2) is 9.97 Å². The highest BCUT2D eigenvalue weighted by Crippen LogP contribution is 2.22. The normalized spacial score (nSPS) is 10.5. The van der Waals surface area contributed by atoms with Gasteiger partial charge in [0.25, 0.3) is 0 Å². The Labute approximate surface area is 99.3 Å². The largest absolute Gasteiger partial charge is 0.454 e. The van der Waals surface area contributed by atoms with E-state index in [4.69, 9.17) is 4.74 Å². The molecule has 0 spiro atoms. The number of hydrogen-bond acceptors (Lipinski definition) is 3. The van der Waals surface area contributed by atoms with Crippen LogP contribution in [0, 0.1) is 0 Å². The zero-order valence-corrected chi connectivity index (χ0v) is 9.81. The van der Waals surface area contributed by atoms with Crippen molar-refractivity contribution >= 4 is 0 Å². The molecule has 1 heterocycles. The zero-order valence-electron chi connectivity index (χ0n) is 9.81. The molecule has 2 aromatic rings. The van der Waals surface area contributed by atoms with Crippen molar-refractivity contribution in [2.75, 3.05) is 0 Å². The smallest absolute Gasteiger partial charge is 0.345 e. The van der Waals surface area contributed by atoms with Gasteiger partial charge < -0.3 is 9.72 Å². The Hall–Kier alpha value is -2.10. The van der Waals surface area contributed by atoms with Crippen LogP contribution in [0.15, 0.2) is 41.5 Å². The molecule has 0 fully saturated rings. The second-order valence-electron chi connectivity index (χ2n) is 4.08. The first-order valence-electron chi connectivity index (χ1n) is 5.47. The lowest BCUT2D eigenvalue weighted by Gasteiger charge is -2.07. The molecule has 0 aliphatic heterocycles. The highest BCUT2D eigenvalue weighted by molar-refractivity contribution is 5.32. The summed E-state index contributed by atoms with van der Waals surface area (Å²) in [5, 5.41) is 0. The minimum absolute atomic E-state index is 0.382. The maximum absolute atomic E-state index is 10.8. The Bertz CT molecular complexity index is 524. The number of hydrogen-bond donors (Lipinski definition) is 1. The molecule has 1 aromatic heterocycles. The van der Waals surface area contributed by atoms with Gasteiger partial charge in [-0.15, -0.1) is 0 Å². The first-order valence-corrected chi connectivity index (χ1v) is 5.47. The summed E-state index contributed by atoms with van der Waals surface area (Å²) < 4.78 is 5.54. The van der Waals surface area contributed by atoms with Gasteiger partial charge >= 0.3 is 5.69 Å². The van der Waals surface area contributed by atoms with Crippen LogP contribution in [0.4, 0.5) is 0 Å². The molecule has 0 atom stereocenters. The molecule has 0 unspecified atom stereocenters. The van der Waals surface area contributed by atoms with Crippen molar-refractivity contribution in [3.8, 4) is 11.5 Å². The highest BCUT2D eigenvalue weighted by atomic mass is 16.5. The molecule has 0 saturated carbocycles. The van der Waals surface area contributed by atoms with Gasteiger partial charge in [0.15, 0.2) is 5.75 Å². The number of nitrogens with one attached hydrogen (secondary N) is 1. The quantitative estimate of drug-likeness (QED) is 0.881. The van der Waals surface area contributed by atoms with E-state index in [1.54, 1.807) is 0 Å². The van der Waals surface area contributed by atoms with Crippen LogP contribution in [0.5, 0.6) is 11.5 Å². The van der Waals surface area contributed by atoms with Crippen molar-refractivity contribution in [3.05, 3.63) is 52.7 Å². The average molecular weight is 230 g/mol. The third-order valence-electron chi connectivity index (χ3n) is 2.43. The van der Waals surface area contributed by atoms with Gasteiger partial charge in [-0.3, -0.25) is 0 Å². The Kier molecular flexibility index (Phi) is 3.23. The van der Waals surface area contributed by atoms with Crippen LogP contribution in [0.2, 0.25) is 0 Å². The molecule has 0 amide bonds. The molecule has 88 valence electrons. The van der Waals surface area contributed by atoms with Gasteiger partial charge in [-0.2, -0.15) is 4.98 Å². The Morgan fingerprint density at radius 1 is 1.18 bits per heavy atom. The minimum atomic E-state index is -0.382. The van der Waals surface area contributed by atoms with E-state index in [1.165, 1.54) is 18.0 Å². The first kappa shape index (κ1) is 11.4. The van der Waals surface area contributed by atoms with Gasteiger partial charge in [0, 0.05) is 0 Å². The van der Waals surface area contributed by atoms with E-state index in [0.29, 0.717) is 11.7 Å². The second kappa shape index (κ2) is 4.82. The van der Waals surface area contributed by atoms with Gasteiger partial charge in [-0.25, -0.2) is 4.79 Å². The fraction of sp³-hybridized carbons (Fsp3) is 0.231. The molecule has 0 saturated heterocycles. The van der Waals surface area contributed by atoms with E-state index in [1.807, 2.05) is 24.3 Å². The van der Waals surface area contributed by atoms with Gasteiger partial charge in [-0.05, 0) is 23.6 Å². The third kappa shape index (κ3) is 2.93. The van der Waals surface area contributed by atoms with E-state index in [9.17, 15) is 4.79 Å². The van der Waals surface area contributed by atoms with Crippen molar-refractivity contribution in [3.63, 3.8) is 0 Å². The van der Waals surface area contributed by atoms with Crippen molar-refractivity contribution in [1.82, 2.24) is 9.97 Å². The van der Waals surface area contributed by atoms with Crippen molar-refractivity contribution in [2.45, 2.75) is 19.8 Å². The topological polar surface area (TPSA) is 55.0 Å². The van der Waals surface area contributed by atoms with E-state index in [-0.39, 0.29) is 5.69 Å². The maximum Gasteiger partial charge on any atom is 0.345 e. The van der Waals surface area contributed by atoms with E-state index < -0.39 is 0 Å². The van der Waals surface area contributed by atoms with Gasteiger partial charge in [-0.1, -0.05) is 26.0 Å². The molecule has 2 rings (SSSR count). The van der Waals surface area contributed by atoms with Crippen molar-refractivity contribution in [2.24, 2.45) is 0 Å². The van der Waals surface area contributed by atoms with E-state index >= 15 is 0 Å². The summed E-state index contributed by atoms with van der Waals surface area (Å²) in [5.41, 5.74) is 0.879. The van der Waals surface area contributed by atoms with Crippen LogP contribution >= 0.6 is 0 Å². The Balaban J connectivity index is 2.13. The molecule has 0 aliphatic rings. The third-order valence-corrected chi connectivity index (χ3v) is 2.43. The summed E-state index contributed by atoms with van der Waals surface area (Å²) in [4.78, 5) is 16.8. The average Bonchev–Trinajstić information content (AvgIpc) is 2.33. The number of ether oxygens (including phenoxy) is 1. The zero-order chi connectivity index (χ0) is 12.3. The summed E-state index contributed by atoms with van der Waals surface area (Å²) in [7, 11) is 0. The molecule has 0 radical (unpaired) electrons. The number of nitrogens with zero attached hydrogens (tertiary/aromatic N) is 1. The van der Waals surface area contributed by atoms with Crippen LogP contribution < -0.4 is 10.4 Å². The molecule has 4 nitrogen and oxygen atoms in total. The number of H-pyrrole nitrogens is 1. The summed E-state index contributed by atoms with van der Waals surface area (Å²) in [5.74, 6) is 1.74. The molecule has 4 heteroatoms. The minimum Gasteiger partial charge on any atom is -0.454 e. The standard InChI is InChI=1S/C13H14N2O2/c1-9(2)10-3-5-11(6-4-10)17-12-7-14-13(16)15-8-12/h3-9H,1-2H3,(H,14,15,16). The van der Waals surface area contributed by atoms with Gasteiger partial charge in [0.2, 0.25) is 0 Å². The second-order valence-corrected chi connectivity index (χ2v) is 4.08. The van der Waals surface area contributed by atoms with Crippen LogP contribution in [-0.2, 0) is 0 Å². The van der Waals surface area contributed by atoms with Crippen LogP contribution in [0.3, 0.4) is 0 Å². The predicted molar refractivity (Wildman–Crippen MR) is 65.5 cm³/mol. The number of aromatic nitrogens is 2. The fourth-order valence-corrected chi connectivity index (χ4v) is 1.44. The monoisotopic (exact) mass is 230 g/mol. The van der Waals surface area contributed by atoms with E-state index in [0.717, 1.165) is 5.75 Å². The molecule has 0 bridgehead atoms. The lowest BCUT2D eigenvalue weighted by atomic mass is 10.0. The van der Waals surface area contributed by atoms with Crippen molar-refractivity contribution < 1.29 is 4.74 Å². The summed E-state index contributed by atoms with van der Waals surface area (Å²) >= 11 is 0. The molecular formula is C13H14N2O2. The lowest BCUT2D eigenvalue weighted by Crippen LogP contribution is -2.07. The lowest BCUT2D eigenvalue weighted by molar-refractivity contribution is 0.476. The van der Waals surface area contributed by atoms with Gasteiger partial charge in [0.1, 0.15) is 5.75 Å². The molecule has 1 aromatic carbocycles. The SMILES string of the molecule is CC(C)c1ccc(Oc2cnc(=O)[nH]c2)cc1. The highest BCUT2D eigenvalue weighted by Gasteiger charge is 2.01. The fourth-order valence-electron chi connectivity index (χ4n) is 1.44.